The molecule has 1 saturated heterocycles. The lowest BCUT2D eigenvalue weighted by molar-refractivity contribution is -0.139. The number of carbonyl (C=O) groups is 1. The molecular formula is C16H23BrN2O2. The minimum atomic E-state index is -0.445. The van der Waals surface area contributed by atoms with E-state index in [4.69, 9.17) is 4.74 Å². The van der Waals surface area contributed by atoms with Crippen LogP contribution in [0.4, 0.5) is 0 Å². The summed E-state index contributed by atoms with van der Waals surface area (Å²) in [5, 5.41) is 3.20. The average Bonchev–Trinajstić information content (AvgIpc) is 2.49. The van der Waals surface area contributed by atoms with E-state index in [1.165, 1.54) is 6.42 Å². The van der Waals surface area contributed by atoms with Crippen LogP contribution in [-0.4, -0.2) is 43.6 Å². The molecule has 1 amide bonds. The Kier molecular flexibility index (Phi) is 6.06. The van der Waals surface area contributed by atoms with E-state index in [1.807, 2.05) is 43.1 Å². The van der Waals surface area contributed by atoms with Crippen LogP contribution in [0.1, 0.15) is 19.8 Å². The van der Waals surface area contributed by atoms with Crippen LogP contribution >= 0.6 is 15.9 Å². The van der Waals surface area contributed by atoms with E-state index in [2.05, 4.69) is 21.2 Å². The number of hydrogen-bond donors (Lipinski definition) is 1. The molecule has 0 bridgehead atoms. The minimum absolute atomic E-state index is 0.0821. The van der Waals surface area contributed by atoms with Gasteiger partial charge in [-0.05, 0) is 63.5 Å². The minimum Gasteiger partial charge on any atom is -0.481 e. The van der Waals surface area contributed by atoms with Crippen molar-refractivity contribution in [3.63, 3.8) is 0 Å². The third-order valence-electron chi connectivity index (χ3n) is 3.80. The smallest absolute Gasteiger partial charge is 0.263 e. The number of rotatable bonds is 5. The normalized spacial score (nSPS) is 20.1. The third-order valence-corrected chi connectivity index (χ3v) is 4.33. The summed E-state index contributed by atoms with van der Waals surface area (Å²) in [6.07, 6.45) is 1.81. The van der Waals surface area contributed by atoms with Gasteiger partial charge >= 0.3 is 0 Å². The van der Waals surface area contributed by atoms with Crippen molar-refractivity contribution in [2.45, 2.75) is 25.9 Å². The molecule has 1 N–H and O–H groups in total. The molecule has 1 aliphatic heterocycles. The predicted molar refractivity (Wildman–Crippen MR) is 87.5 cm³/mol. The number of nitrogens with zero attached hydrogens (tertiary/aromatic N) is 1. The summed E-state index contributed by atoms with van der Waals surface area (Å²) in [4.78, 5) is 14.4. The summed E-state index contributed by atoms with van der Waals surface area (Å²) >= 11 is 3.39. The van der Waals surface area contributed by atoms with E-state index < -0.39 is 6.10 Å². The van der Waals surface area contributed by atoms with Crippen molar-refractivity contribution >= 4 is 21.8 Å². The quantitative estimate of drug-likeness (QED) is 0.883. The molecule has 1 heterocycles. The van der Waals surface area contributed by atoms with Crippen LogP contribution in [0.3, 0.4) is 0 Å². The van der Waals surface area contributed by atoms with Crippen LogP contribution in [-0.2, 0) is 4.79 Å². The van der Waals surface area contributed by atoms with Gasteiger partial charge in [-0.1, -0.05) is 15.9 Å². The fourth-order valence-electron chi connectivity index (χ4n) is 2.75. The van der Waals surface area contributed by atoms with E-state index >= 15 is 0 Å². The van der Waals surface area contributed by atoms with Gasteiger partial charge in [-0.2, -0.15) is 0 Å². The summed E-state index contributed by atoms with van der Waals surface area (Å²) < 4.78 is 6.75. The van der Waals surface area contributed by atoms with Crippen molar-refractivity contribution in [3.8, 4) is 5.75 Å². The molecule has 2 unspecified atom stereocenters. The maximum absolute atomic E-state index is 12.5. The van der Waals surface area contributed by atoms with E-state index in [-0.39, 0.29) is 5.91 Å². The van der Waals surface area contributed by atoms with E-state index in [0.29, 0.717) is 5.92 Å². The topological polar surface area (TPSA) is 41.6 Å². The number of piperidine rings is 1. The maximum Gasteiger partial charge on any atom is 0.263 e. The maximum atomic E-state index is 12.5. The lowest BCUT2D eigenvalue weighted by atomic mass is 9.97. The highest BCUT2D eigenvalue weighted by Gasteiger charge is 2.27. The van der Waals surface area contributed by atoms with Crippen molar-refractivity contribution in [2.24, 2.45) is 5.92 Å². The van der Waals surface area contributed by atoms with E-state index in [1.54, 1.807) is 0 Å². The Bertz CT molecular complexity index is 462. The first-order valence-electron chi connectivity index (χ1n) is 7.45. The Balaban J connectivity index is 1.90. The molecule has 2 rings (SSSR count). The number of benzene rings is 1. The van der Waals surface area contributed by atoms with Gasteiger partial charge in [0.2, 0.25) is 0 Å². The zero-order valence-electron chi connectivity index (χ0n) is 12.6. The Labute approximate surface area is 135 Å². The van der Waals surface area contributed by atoms with Gasteiger partial charge in [-0.15, -0.1) is 0 Å². The Morgan fingerprint density at radius 1 is 1.48 bits per heavy atom. The van der Waals surface area contributed by atoms with Crippen molar-refractivity contribution in [3.05, 3.63) is 28.7 Å². The molecule has 2 atom stereocenters. The van der Waals surface area contributed by atoms with Crippen LogP contribution in [0.15, 0.2) is 28.7 Å². The number of nitrogens with one attached hydrogen (secondary N) is 1. The molecule has 0 saturated carbocycles. The van der Waals surface area contributed by atoms with Gasteiger partial charge in [-0.3, -0.25) is 4.79 Å². The fourth-order valence-corrected chi connectivity index (χ4v) is 3.01. The second kappa shape index (κ2) is 7.80. The zero-order valence-corrected chi connectivity index (χ0v) is 14.2. The second-order valence-electron chi connectivity index (χ2n) is 5.56. The Hall–Kier alpha value is -1.07. The van der Waals surface area contributed by atoms with Gasteiger partial charge in [0.05, 0.1) is 0 Å². The first-order valence-corrected chi connectivity index (χ1v) is 8.25. The van der Waals surface area contributed by atoms with Crippen LogP contribution in [0.25, 0.3) is 0 Å². The van der Waals surface area contributed by atoms with Gasteiger partial charge in [-0.25, -0.2) is 0 Å². The molecule has 116 valence electrons. The Morgan fingerprint density at radius 3 is 2.86 bits per heavy atom. The van der Waals surface area contributed by atoms with Gasteiger partial charge in [0.15, 0.2) is 6.10 Å². The van der Waals surface area contributed by atoms with Crippen LogP contribution in [0.2, 0.25) is 0 Å². The highest BCUT2D eigenvalue weighted by Crippen LogP contribution is 2.20. The highest BCUT2D eigenvalue weighted by molar-refractivity contribution is 9.10. The molecule has 5 heteroatoms. The number of likely N-dealkylation sites (tertiary alicyclic amines) is 1. The lowest BCUT2D eigenvalue weighted by Crippen LogP contribution is -2.47. The lowest BCUT2D eigenvalue weighted by Gasteiger charge is -2.34. The standard InChI is InChI=1S/C16H23BrN2O2/c1-12(21-15-7-5-14(17)6-8-15)16(20)19-9-3-4-13(11-19)10-18-2/h5-8,12-13,18H,3-4,9-11H2,1-2H3. The molecule has 1 aromatic carbocycles. The van der Waals surface area contributed by atoms with Crippen LogP contribution in [0, 0.1) is 5.92 Å². The molecule has 4 nitrogen and oxygen atoms in total. The SMILES string of the molecule is CNCC1CCCN(C(=O)C(C)Oc2ccc(Br)cc2)C1. The number of ether oxygens (including phenoxy) is 1. The second-order valence-corrected chi connectivity index (χ2v) is 6.48. The Morgan fingerprint density at radius 2 is 2.19 bits per heavy atom. The van der Waals surface area contributed by atoms with E-state index in [0.717, 1.165) is 36.3 Å². The molecule has 1 fully saturated rings. The van der Waals surface area contributed by atoms with Crippen molar-refractivity contribution in [2.75, 3.05) is 26.7 Å². The van der Waals surface area contributed by atoms with Crippen molar-refractivity contribution in [1.29, 1.82) is 0 Å². The summed E-state index contributed by atoms with van der Waals surface area (Å²) in [5.74, 6) is 1.36. The van der Waals surface area contributed by atoms with Crippen molar-refractivity contribution < 1.29 is 9.53 Å². The monoisotopic (exact) mass is 354 g/mol. The third kappa shape index (κ3) is 4.71. The van der Waals surface area contributed by atoms with Crippen molar-refractivity contribution in [1.82, 2.24) is 10.2 Å². The summed E-state index contributed by atoms with van der Waals surface area (Å²) in [5.41, 5.74) is 0. The molecule has 21 heavy (non-hydrogen) atoms. The summed E-state index contributed by atoms with van der Waals surface area (Å²) in [7, 11) is 1.96. The molecule has 0 spiro atoms. The molecule has 1 aliphatic rings. The van der Waals surface area contributed by atoms with E-state index in [9.17, 15) is 4.79 Å². The molecule has 1 aromatic rings. The number of halogens is 1. The predicted octanol–water partition coefficient (Wildman–Crippen LogP) is 2.67. The average molecular weight is 355 g/mol. The van der Waals surface area contributed by atoms with Crippen LogP contribution < -0.4 is 10.1 Å². The van der Waals surface area contributed by atoms with Gasteiger partial charge in [0.1, 0.15) is 5.75 Å². The number of amides is 1. The summed E-state index contributed by atoms with van der Waals surface area (Å²) in [6.45, 7) is 4.46. The first-order chi connectivity index (χ1) is 10.1. The first kappa shape index (κ1) is 16.3. The fraction of sp³-hybridized carbons (Fsp3) is 0.562. The molecule has 0 aromatic heterocycles. The van der Waals surface area contributed by atoms with Gasteiger partial charge < -0.3 is 15.0 Å². The summed E-state index contributed by atoms with van der Waals surface area (Å²) in [6, 6.07) is 7.56. The van der Waals surface area contributed by atoms with Gasteiger partial charge in [0, 0.05) is 17.6 Å². The molecular weight excluding hydrogens is 332 g/mol. The highest BCUT2D eigenvalue weighted by atomic mass is 79.9. The van der Waals surface area contributed by atoms with Gasteiger partial charge in [0.25, 0.3) is 5.91 Å². The van der Waals surface area contributed by atoms with Crippen LogP contribution in [0.5, 0.6) is 5.75 Å². The molecule has 0 aliphatic carbocycles. The zero-order chi connectivity index (χ0) is 15.2. The number of carbonyl (C=O) groups excluding carboxylic acids is 1. The molecule has 0 radical (unpaired) electrons. The largest absolute Gasteiger partial charge is 0.481 e. The number of hydrogen-bond acceptors (Lipinski definition) is 3.